The molecule has 1 radical (unpaired) electrons. The van der Waals surface area contributed by atoms with Gasteiger partial charge in [-0.2, -0.15) is 0 Å². The predicted octanol–water partition coefficient (Wildman–Crippen LogP) is 1.22. The van der Waals surface area contributed by atoms with E-state index >= 15 is 0 Å². The van der Waals surface area contributed by atoms with E-state index in [1.807, 2.05) is 0 Å². The monoisotopic (exact) mass is 145 g/mol. The van der Waals surface area contributed by atoms with E-state index in [0.29, 0.717) is 5.82 Å². The molecule has 0 N–H and O–H groups in total. The van der Waals surface area contributed by atoms with Crippen LogP contribution in [0.2, 0.25) is 0 Å². The summed E-state index contributed by atoms with van der Waals surface area (Å²) >= 11 is 0. The van der Waals surface area contributed by atoms with Gasteiger partial charge in [-0.05, 0) is 24.3 Å². The SMILES string of the molecule is C#Cc1ncc(CC[CH2])cn1. The van der Waals surface area contributed by atoms with Crippen LogP contribution >= 0.6 is 0 Å². The van der Waals surface area contributed by atoms with E-state index in [1.165, 1.54) is 0 Å². The quantitative estimate of drug-likeness (QED) is 0.585. The maximum absolute atomic E-state index is 5.09. The van der Waals surface area contributed by atoms with E-state index in [4.69, 9.17) is 6.42 Å². The molecule has 55 valence electrons. The van der Waals surface area contributed by atoms with Crippen LogP contribution in [0.25, 0.3) is 0 Å². The molecule has 0 saturated heterocycles. The van der Waals surface area contributed by atoms with Gasteiger partial charge in [0.2, 0.25) is 5.82 Å². The first-order valence-corrected chi connectivity index (χ1v) is 3.43. The summed E-state index contributed by atoms with van der Waals surface area (Å²) in [6.07, 6.45) is 10.3. The Hall–Kier alpha value is -1.36. The van der Waals surface area contributed by atoms with Gasteiger partial charge in [-0.3, -0.25) is 0 Å². The van der Waals surface area contributed by atoms with Gasteiger partial charge in [-0.1, -0.05) is 6.92 Å². The molecule has 11 heavy (non-hydrogen) atoms. The molecule has 0 bridgehead atoms. The third kappa shape index (κ3) is 2.05. The summed E-state index contributed by atoms with van der Waals surface area (Å²) in [6, 6.07) is 0. The van der Waals surface area contributed by atoms with Crippen molar-refractivity contribution >= 4 is 0 Å². The summed E-state index contributed by atoms with van der Waals surface area (Å²) < 4.78 is 0. The van der Waals surface area contributed by atoms with Gasteiger partial charge >= 0.3 is 0 Å². The summed E-state index contributed by atoms with van der Waals surface area (Å²) in [5, 5.41) is 0. The Kier molecular flexibility index (Phi) is 2.62. The molecule has 0 aromatic carbocycles. The maximum Gasteiger partial charge on any atom is 0.204 e. The summed E-state index contributed by atoms with van der Waals surface area (Å²) in [5.74, 6) is 2.80. The van der Waals surface area contributed by atoms with Crippen molar-refractivity contribution in [3.8, 4) is 12.3 Å². The zero-order valence-corrected chi connectivity index (χ0v) is 6.25. The second-order valence-corrected chi connectivity index (χ2v) is 2.16. The minimum absolute atomic E-state index is 0.442. The summed E-state index contributed by atoms with van der Waals surface area (Å²) in [5.41, 5.74) is 1.08. The fourth-order valence-corrected chi connectivity index (χ4v) is 0.763. The number of rotatable bonds is 2. The van der Waals surface area contributed by atoms with Gasteiger partial charge in [0.05, 0.1) is 0 Å². The van der Waals surface area contributed by atoms with Crippen LogP contribution in [0.4, 0.5) is 0 Å². The van der Waals surface area contributed by atoms with Crippen molar-refractivity contribution in [1.82, 2.24) is 9.97 Å². The van der Waals surface area contributed by atoms with E-state index in [-0.39, 0.29) is 0 Å². The average molecular weight is 145 g/mol. The highest BCUT2D eigenvalue weighted by Crippen LogP contribution is 1.98. The summed E-state index contributed by atoms with van der Waals surface area (Å²) in [4.78, 5) is 7.88. The molecule has 0 spiro atoms. The van der Waals surface area contributed by atoms with Crippen molar-refractivity contribution in [3.63, 3.8) is 0 Å². The standard InChI is InChI=1S/C9H9N2/c1-3-5-8-6-10-9(4-2)11-7-8/h2,6-7H,1,3,5H2. The predicted molar refractivity (Wildman–Crippen MR) is 43.6 cm³/mol. The lowest BCUT2D eigenvalue weighted by atomic mass is 10.2. The highest BCUT2D eigenvalue weighted by Gasteiger charge is 1.92. The van der Waals surface area contributed by atoms with Crippen LogP contribution in [-0.2, 0) is 6.42 Å². The number of hydrogen-bond donors (Lipinski definition) is 0. The Bertz CT molecular complexity index is 256. The molecule has 0 aliphatic heterocycles. The number of aryl methyl sites for hydroxylation is 1. The lowest BCUT2D eigenvalue weighted by Crippen LogP contribution is -1.91. The topological polar surface area (TPSA) is 25.8 Å². The smallest absolute Gasteiger partial charge is 0.204 e. The fourth-order valence-electron chi connectivity index (χ4n) is 0.763. The second-order valence-electron chi connectivity index (χ2n) is 2.16. The normalized spacial score (nSPS) is 9.09. The van der Waals surface area contributed by atoms with Crippen LogP contribution < -0.4 is 0 Å². The van der Waals surface area contributed by atoms with Gasteiger partial charge in [0, 0.05) is 12.4 Å². The molecule has 1 rings (SSSR count). The molecular weight excluding hydrogens is 136 g/mol. The van der Waals surface area contributed by atoms with E-state index in [9.17, 15) is 0 Å². The third-order valence-electron chi connectivity index (χ3n) is 1.30. The minimum Gasteiger partial charge on any atom is -0.229 e. The zero-order valence-electron chi connectivity index (χ0n) is 6.25. The highest BCUT2D eigenvalue weighted by molar-refractivity contribution is 5.17. The molecule has 1 aromatic rings. The Morgan fingerprint density at radius 1 is 1.45 bits per heavy atom. The van der Waals surface area contributed by atoms with Crippen molar-refractivity contribution in [2.75, 3.05) is 0 Å². The van der Waals surface area contributed by atoms with Crippen molar-refractivity contribution in [1.29, 1.82) is 0 Å². The molecule has 2 heteroatoms. The van der Waals surface area contributed by atoms with Gasteiger partial charge in [0.1, 0.15) is 0 Å². The number of hydrogen-bond acceptors (Lipinski definition) is 2. The van der Waals surface area contributed by atoms with E-state index < -0.39 is 0 Å². The maximum atomic E-state index is 5.09. The van der Waals surface area contributed by atoms with Crippen LogP contribution in [0.5, 0.6) is 0 Å². The summed E-state index contributed by atoms with van der Waals surface area (Å²) in [7, 11) is 0. The van der Waals surface area contributed by atoms with Gasteiger partial charge in [-0.15, -0.1) is 6.42 Å². The first-order chi connectivity index (χ1) is 5.36. The molecule has 0 aliphatic rings. The van der Waals surface area contributed by atoms with Gasteiger partial charge in [-0.25, -0.2) is 9.97 Å². The Morgan fingerprint density at radius 3 is 2.55 bits per heavy atom. The second kappa shape index (κ2) is 3.72. The highest BCUT2D eigenvalue weighted by atomic mass is 14.8. The van der Waals surface area contributed by atoms with Crippen molar-refractivity contribution in [2.24, 2.45) is 0 Å². The van der Waals surface area contributed by atoms with Gasteiger partial charge in [0.25, 0.3) is 0 Å². The van der Waals surface area contributed by atoms with E-state index in [2.05, 4.69) is 22.8 Å². The molecule has 0 saturated carbocycles. The Balaban J connectivity index is 2.76. The molecule has 2 nitrogen and oxygen atoms in total. The van der Waals surface area contributed by atoms with E-state index in [0.717, 1.165) is 18.4 Å². The number of aromatic nitrogens is 2. The lowest BCUT2D eigenvalue weighted by Gasteiger charge is -1.95. The van der Waals surface area contributed by atoms with Crippen LogP contribution in [0.15, 0.2) is 12.4 Å². The van der Waals surface area contributed by atoms with E-state index in [1.54, 1.807) is 12.4 Å². The van der Waals surface area contributed by atoms with Crippen LogP contribution in [-0.4, -0.2) is 9.97 Å². The molecule has 0 atom stereocenters. The first kappa shape index (κ1) is 7.74. The lowest BCUT2D eigenvalue weighted by molar-refractivity contribution is 0.955. The largest absolute Gasteiger partial charge is 0.229 e. The van der Waals surface area contributed by atoms with Crippen LogP contribution in [0.3, 0.4) is 0 Å². The summed E-state index contributed by atoms with van der Waals surface area (Å²) in [6.45, 7) is 3.73. The van der Waals surface area contributed by atoms with Crippen LogP contribution in [0, 0.1) is 19.3 Å². The number of nitrogens with zero attached hydrogens (tertiary/aromatic N) is 2. The Labute approximate surface area is 66.7 Å². The first-order valence-electron chi connectivity index (χ1n) is 3.43. The molecule has 1 heterocycles. The Morgan fingerprint density at radius 2 is 2.09 bits per heavy atom. The molecule has 0 amide bonds. The van der Waals surface area contributed by atoms with Crippen molar-refractivity contribution in [3.05, 3.63) is 30.7 Å². The van der Waals surface area contributed by atoms with Gasteiger partial charge < -0.3 is 0 Å². The number of terminal acetylenes is 1. The van der Waals surface area contributed by atoms with Crippen LogP contribution in [0.1, 0.15) is 17.8 Å². The zero-order chi connectivity index (χ0) is 8.10. The average Bonchev–Trinajstić information content (AvgIpc) is 2.07. The molecule has 1 aromatic heterocycles. The molecule has 0 unspecified atom stereocenters. The van der Waals surface area contributed by atoms with Gasteiger partial charge in [0.15, 0.2) is 0 Å². The van der Waals surface area contributed by atoms with Crippen molar-refractivity contribution < 1.29 is 0 Å². The molecule has 0 fully saturated rings. The fraction of sp³-hybridized carbons (Fsp3) is 0.222. The third-order valence-corrected chi connectivity index (χ3v) is 1.30. The van der Waals surface area contributed by atoms with Crippen molar-refractivity contribution in [2.45, 2.75) is 12.8 Å². The minimum atomic E-state index is 0.442. The molecular formula is C9H9N2. The molecule has 0 aliphatic carbocycles.